The highest BCUT2D eigenvalue weighted by molar-refractivity contribution is 5.33. The molecular formula is C17H26FNO2. The Morgan fingerprint density at radius 1 is 1.33 bits per heavy atom. The van der Waals surface area contributed by atoms with Crippen LogP contribution in [0.2, 0.25) is 0 Å². The van der Waals surface area contributed by atoms with Crippen LogP contribution < -0.4 is 10.1 Å². The van der Waals surface area contributed by atoms with Crippen LogP contribution >= 0.6 is 0 Å². The number of rotatable bonds is 8. The lowest BCUT2D eigenvalue weighted by Crippen LogP contribution is -2.43. The molecule has 0 aliphatic heterocycles. The van der Waals surface area contributed by atoms with Gasteiger partial charge in [0.2, 0.25) is 0 Å². The van der Waals surface area contributed by atoms with Gasteiger partial charge in [0.15, 0.2) is 11.6 Å². The van der Waals surface area contributed by atoms with Crippen LogP contribution in [0.3, 0.4) is 0 Å². The fraction of sp³-hybridized carbons (Fsp3) is 0.647. The number of benzene rings is 1. The average molecular weight is 295 g/mol. The second-order valence-corrected chi connectivity index (χ2v) is 5.82. The van der Waals surface area contributed by atoms with Crippen LogP contribution in [0.15, 0.2) is 18.2 Å². The second-order valence-electron chi connectivity index (χ2n) is 5.82. The minimum atomic E-state index is -0.265. The van der Waals surface area contributed by atoms with Crippen LogP contribution in [0.25, 0.3) is 0 Å². The molecule has 1 fully saturated rings. The highest BCUT2D eigenvalue weighted by Gasteiger charge is 2.39. The van der Waals surface area contributed by atoms with E-state index in [4.69, 9.17) is 9.47 Å². The standard InChI is InChI=1S/C17H26FNO2/c1-4-11-19-14(12-17(21-3)9-6-10-17)13-7-5-8-15(20-2)16(13)18/h5,7-8,14,19H,4,6,9-12H2,1-3H3. The Labute approximate surface area is 126 Å². The lowest BCUT2D eigenvalue weighted by atomic mass is 9.74. The number of ether oxygens (including phenoxy) is 2. The van der Waals surface area contributed by atoms with Gasteiger partial charge in [-0.3, -0.25) is 0 Å². The van der Waals surface area contributed by atoms with Crippen molar-refractivity contribution < 1.29 is 13.9 Å². The fourth-order valence-corrected chi connectivity index (χ4v) is 3.00. The number of methoxy groups -OCH3 is 2. The van der Waals surface area contributed by atoms with Gasteiger partial charge in [-0.25, -0.2) is 4.39 Å². The molecule has 0 amide bonds. The largest absolute Gasteiger partial charge is 0.494 e. The summed E-state index contributed by atoms with van der Waals surface area (Å²) in [6.07, 6.45) is 5.11. The monoisotopic (exact) mass is 295 g/mol. The van der Waals surface area contributed by atoms with E-state index in [1.165, 1.54) is 13.5 Å². The summed E-state index contributed by atoms with van der Waals surface area (Å²) in [6, 6.07) is 5.30. The van der Waals surface area contributed by atoms with E-state index >= 15 is 0 Å². The van der Waals surface area contributed by atoms with Gasteiger partial charge in [-0.05, 0) is 44.7 Å². The Bertz CT molecular complexity index is 455. The Kier molecular flexibility index (Phi) is 5.59. The molecule has 21 heavy (non-hydrogen) atoms. The second kappa shape index (κ2) is 7.23. The minimum absolute atomic E-state index is 0.0414. The first kappa shape index (κ1) is 16.2. The van der Waals surface area contributed by atoms with Crippen molar-refractivity contribution in [3.63, 3.8) is 0 Å². The van der Waals surface area contributed by atoms with Crippen LogP contribution in [0, 0.1) is 5.82 Å². The molecule has 0 spiro atoms. The van der Waals surface area contributed by atoms with Crippen LogP contribution in [0.1, 0.15) is 50.6 Å². The summed E-state index contributed by atoms with van der Waals surface area (Å²) in [7, 11) is 3.26. The molecule has 1 unspecified atom stereocenters. The molecular weight excluding hydrogens is 269 g/mol. The molecule has 118 valence electrons. The summed E-state index contributed by atoms with van der Waals surface area (Å²) < 4.78 is 25.4. The topological polar surface area (TPSA) is 30.5 Å². The molecule has 1 N–H and O–H groups in total. The van der Waals surface area contributed by atoms with Crippen molar-refractivity contribution in [3.8, 4) is 5.75 Å². The summed E-state index contributed by atoms with van der Waals surface area (Å²) in [6.45, 7) is 2.97. The normalized spacial score (nSPS) is 18.1. The summed E-state index contributed by atoms with van der Waals surface area (Å²) >= 11 is 0. The predicted molar refractivity (Wildman–Crippen MR) is 82.2 cm³/mol. The third kappa shape index (κ3) is 3.55. The van der Waals surface area contributed by atoms with E-state index in [1.54, 1.807) is 13.2 Å². The van der Waals surface area contributed by atoms with Crippen molar-refractivity contribution in [3.05, 3.63) is 29.6 Å². The Balaban J connectivity index is 2.23. The van der Waals surface area contributed by atoms with E-state index in [2.05, 4.69) is 12.2 Å². The third-order valence-corrected chi connectivity index (χ3v) is 4.50. The van der Waals surface area contributed by atoms with E-state index in [-0.39, 0.29) is 17.5 Å². The fourth-order valence-electron chi connectivity index (χ4n) is 3.00. The Morgan fingerprint density at radius 3 is 2.62 bits per heavy atom. The van der Waals surface area contributed by atoms with Crippen LogP contribution in [-0.2, 0) is 4.74 Å². The Morgan fingerprint density at radius 2 is 2.10 bits per heavy atom. The molecule has 1 aliphatic rings. The molecule has 1 aliphatic carbocycles. The lowest BCUT2D eigenvalue weighted by molar-refractivity contribution is -0.0839. The number of hydrogen-bond acceptors (Lipinski definition) is 3. The first-order chi connectivity index (χ1) is 10.2. The van der Waals surface area contributed by atoms with E-state index < -0.39 is 0 Å². The van der Waals surface area contributed by atoms with Gasteiger partial charge in [-0.15, -0.1) is 0 Å². The highest BCUT2D eigenvalue weighted by atomic mass is 19.1. The zero-order chi connectivity index (χ0) is 15.3. The third-order valence-electron chi connectivity index (χ3n) is 4.50. The quantitative estimate of drug-likeness (QED) is 0.790. The number of nitrogens with one attached hydrogen (secondary N) is 1. The lowest BCUT2D eigenvalue weighted by Gasteiger charge is -2.43. The molecule has 0 aromatic heterocycles. The van der Waals surface area contributed by atoms with Crippen LogP contribution in [0.5, 0.6) is 5.75 Å². The van der Waals surface area contributed by atoms with E-state index in [0.29, 0.717) is 11.3 Å². The predicted octanol–water partition coefficient (Wildman–Crippen LogP) is 3.83. The molecule has 0 bridgehead atoms. The van der Waals surface area contributed by atoms with Crippen molar-refractivity contribution >= 4 is 0 Å². The minimum Gasteiger partial charge on any atom is -0.494 e. The van der Waals surface area contributed by atoms with Crippen molar-refractivity contribution in [1.29, 1.82) is 0 Å². The molecule has 1 saturated carbocycles. The van der Waals surface area contributed by atoms with Crippen molar-refractivity contribution in [2.24, 2.45) is 0 Å². The van der Waals surface area contributed by atoms with Gasteiger partial charge < -0.3 is 14.8 Å². The zero-order valence-electron chi connectivity index (χ0n) is 13.2. The van der Waals surface area contributed by atoms with Gasteiger partial charge >= 0.3 is 0 Å². The van der Waals surface area contributed by atoms with Gasteiger partial charge in [0.1, 0.15) is 0 Å². The molecule has 2 rings (SSSR count). The average Bonchev–Trinajstić information content (AvgIpc) is 2.47. The number of halogens is 1. The molecule has 1 aromatic rings. The van der Waals surface area contributed by atoms with Crippen LogP contribution in [0.4, 0.5) is 4.39 Å². The zero-order valence-corrected chi connectivity index (χ0v) is 13.2. The van der Waals surface area contributed by atoms with Crippen molar-refractivity contribution in [1.82, 2.24) is 5.32 Å². The summed E-state index contributed by atoms with van der Waals surface area (Å²) in [5, 5.41) is 3.46. The summed E-state index contributed by atoms with van der Waals surface area (Å²) in [5.41, 5.74) is 0.576. The molecule has 1 aromatic carbocycles. The van der Waals surface area contributed by atoms with Gasteiger partial charge in [0, 0.05) is 18.7 Å². The maximum Gasteiger partial charge on any atom is 0.169 e. The van der Waals surface area contributed by atoms with E-state index in [1.807, 2.05) is 12.1 Å². The molecule has 0 heterocycles. The Hall–Kier alpha value is -1.13. The summed E-state index contributed by atoms with van der Waals surface area (Å²) in [4.78, 5) is 0. The van der Waals surface area contributed by atoms with E-state index in [0.717, 1.165) is 32.2 Å². The molecule has 0 saturated heterocycles. The molecule has 3 nitrogen and oxygen atoms in total. The van der Waals surface area contributed by atoms with Gasteiger partial charge in [-0.1, -0.05) is 19.1 Å². The van der Waals surface area contributed by atoms with E-state index in [9.17, 15) is 4.39 Å². The van der Waals surface area contributed by atoms with Gasteiger partial charge in [0.05, 0.1) is 12.7 Å². The molecule has 4 heteroatoms. The highest BCUT2D eigenvalue weighted by Crippen LogP contribution is 2.42. The van der Waals surface area contributed by atoms with Crippen molar-refractivity contribution in [2.75, 3.05) is 20.8 Å². The van der Waals surface area contributed by atoms with Gasteiger partial charge in [-0.2, -0.15) is 0 Å². The van der Waals surface area contributed by atoms with Gasteiger partial charge in [0.25, 0.3) is 0 Å². The number of hydrogen-bond donors (Lipinski definition) is 1. The summed E-state index contributed by atoms with van der Waals surface area (Å²) in [5.74, 6) is 0.0371. The molecule has 0 radical (unpaired) electrons. The SMILES string of the molecule is CCCNC(CC1(OC)CCC1)c1cccc(OC)c1F. The van der Waals surface area contributed by atoms with Crippen molar-refractivity contribution in [2.45, 2.75) is 50.7 Å². The first-order valence-corrected chi connectivity index (χ1v) is 7.76. The first-order valence-electron chi connectivity index (χ1n) is 7.76. The maximum atomic E-state index is 14.5. The maximum absolute atomic E-state index is 14.5. The smallest absolute Gasteiger partial charge is 0.169 e. The van der Waals surface area contributed by atoms with Crippen LogP contribution in [-0.4, -0.2) is 26.4 Å². The molecule has 1 atom stereocenters.